The van der Waals surface area contributed by atoms with E-state index in [2.05, 4.69) is 0 Å². The smallest absolute Gasteiger partial charge is 0.229 e. The summed E-state index contributed by atoms with van der Waals surface area (Å²) in [6.45, 7) is 2.38. The van der Waals surface area contributed by atoms with Crippen molar-refractivity contribution in [2.24, 2.45) is 0 Å². The first-order valence-electron chi connectivity index (χ1n) is 10.2. The van der Waals surface area contributed by atoms with E-state index in [1.807, 2.05) is 24.3 Å². The number of benzene rings is 2. The highest BCUT2D eigenvalue weighted by molar-refractivity contribution is 6.31. The van der Waals surface area contributed by atoms with E-state index in [1.165, 1.54) is 13.8 Å². The first-order valence-corrected chi connectivity index (χ1v) is 10.6. The lowest BCUT2D eigenvalue weighted by molar-refractivity contribution is -0.317. The lowest BCUT2D eigenvalue weighted by atomic mass is 9.83. The Kier molecular flexibility index (Phi) is 7.67. The Labute approximate surface area is 191 Å². The maximum Gasteiger partial charge on any atom is 0.229 e. The number of aliphatic hydroxyl groups is 5. The van der Waals surface area contributed by atoms with Gasteiger partial charge in [0.05, 0.1) is 19.8 Å². The topological polar surface area (TPSA) is 129 Å². The Morgan fingerprint density at radius 3 is 2.38 bits per heavy atom. The molecule has 0 bridgehead atoms. The first kappa shape index (κ1) is 24.7. The SMILES string of the molecule is COc1ccc(Cc2c(Cl)cc(CO)cc2O[C@@H]2O[C@H]([C@@H](C)O)[C@@](C)(O)[C@H](O)[C@H]2O)cc1. The Balaban J connectivity index is 1.94. The van der Waals surface area contributed by atoms with Crippen molar-refractivity contribution >= 4 is 11.6 Å². The minimum absolute atomic E-state index is 0.236. The van der Waals surface area contributed by atoms with Crippen LogP contribution in [0.1, 0.15) is 30.5 Å². The van der Waals surface area contributed by atoms with E-state index in [1.54, 1.807) is 19.2 Å². The van der Waals surface area contributed by atoms with Crippen molar-refractivity contribution in [3.05, 3.63) is 58.1 Å². The molecule has 0 radical (unpaired) electrons. The van der Waals surface area contributed by atoms with Gasteiger partial charge in [0.15, 0.2) is 0 Å². The summed E-state index contributed by atoms with van der Waals surface area (Å²) in [6, 6.07) is 10.5. The summed E-state index contributed by atoms with van der Waals surface area (Å²) in [5.74, 6) is 0.940. The molecule has 1 saturated heterocycles. The number of halogens is 1. The van der Waals surface area contributed by atoms with Crippen LogP contribution in [0.15, 0.2) is 36.4 Å². The van der Waals surface area contributed by atoms with E-state index >= 15 is 0 Å². The molecule has 0 amide bonds. The second kappa shape index (κ2) is 9.93. The van der Waals surface area contributed by atoms with E-state index in [0.717, 1.165) is 5.56 Å². The molecule has 2 aromatic rings. The normalized spacial score (nSPS) is 28.9. The second-order valence-electron chi connectivity index (χ2n) is 8.18. The van der Waals surface area contributed by atoms with Crippen molar-refractivity contribution in [1.82, 2.24) is 0 Å². The standard InChI is InChI=1S/C23H29ClO8/c1-12(26)21-23(2,29)20(28)19(27)22(32-21)31-18-10-14(11-25)9-17(24)16(18)8-13-4-6-15(30-3)7-5-13/h4-7,9-10,12,19-22,25-29H,8,11H2,1-3H3/t12-,19-,20-,21-,22-,23+/m1/s1. The monoisotopic (exact) mass is 468 g/mol. The van der Waals surface area contributed by atoms with E-state index < -0.39 is 36.3 Å². The van der Waals surface area contributed by atoms with Crippen LogP contribution in [0.4, 0.5) is 0 Å². The molecule has 6 atom stereocenters. The fourth-order valence-corrected chi connectivity index (χ4v) is 4.13. The number of hydrogen-bond donors (Lipinski definition) is 5. The van der Waals surface area contributed by atoms with Gasteiger partial charge in [-0.2, -0.15) is 0 Å². The minimum Gasteiger partial charge on any atom is -0.497 e. The van der Waals surface area contributed by atoms with Gasteiger partial charge in [-0.3, -0.25) is 0 Å². The van der Waals surface area contributed by atoms with Crippen LogP contribution in [0.3, 0.4) is 0 Å². The molecule has 1 fully saturated rings. The second-order valence-corrected chi connectivity index (χ2v) is 8.59. The van der Waals surface area contributed by atoms with Crippen molar-refractivity contribution in [2.75, 3.05) is 7.11 Å². The van der Waals surface area contributed by atoms with Crippen LogP contribution in [0.5, 0.6) is 11.5 Å². The maximum absolute atomic E-state index is 10.5. The largest absolute Gasteiger partial charge is 0.497 e. The van der Waals surface area contributed by atoms with Crippen LogP contribution in [-0.4, -0.2) is 68.9 Å². The fraction of sp³-hybridized carbons (Fsp3) is 0.478. The molecule has 8 nitrogen and oxygen atoms in total. The first-order chi connectivity index (χ1) is 15.1. The van der Waals surface area contributed by atoms with Gasteiger partial charge in [0.2, 0.25) is 6.29 Å². The number of rotatable bonds is 7. The molecule has 176 valence electrons. The molecule has 0 aliphatic carbocycles. The summed E-state index contributed by atoms with van der Waals surface area (Å²) in [7, 11) is 1.58. The molecule has 5 N–H and O–H groups in total. The zero-order chi connectivity index (χ0) is 23.6. The minimum atomic E-state index is -1.90. The zero-order valence-electron chi connectivity index (χ0n) is 18.1. The van der Waals surface area contributed by atoms with Crippen LogP contribution in [0, 0.1) is 0 Å². The Morgan fingerprint density at radius 1 is 1.16 bits per heavy atom. The Morgan fingerprint density at radius 2 is 1.81 bits per heavy atom. The van der Waals surface area contributed by atoms with Crippen LogP contribution in [0.2, 0.25) is 5.02 Å². The van der Waals surface area contributed by atoms with Crippen molar-refractivity contribution in [3.8, 4) is 11.5 Å². The molecule has 0 unspecified atom stereocenters. The van der Waals surface area contributed by atoms with E-state index in [4.69, 9.17) is 25.8 Å². The zero-order valence-corrected chi connectivity index (χ0v) is 18.9. The van der Waals surface area contributed by atoms with E-state index in [-0.39, 0.29) is 12.4 Å². The molecule has 1 heterocycles. The highest BCUT2D eigenvalue weighted by Crippen LogP contribution is 2.36. The fourth-order valence-electron chi connectivity index (χ4n) is 3.83. The molecule has 32 heavy (non-hydrogen) atoms. The molecule has 0 aromatic heterocycles. The average Bonchev–Trinajstić information content (AvgIpc) is 2.76. The summed E-state index contributed by atoms with van der Waals surface area (Å²) >= 11 is 6.48. The van der Waals surface area contributed by atoms with E-state index in [0.29, 0.717) is 28.3 Å². The summed E-state index contributed by atoms with van der Waals surface area (Å²) < 4.78 is 16.7. The van der Waals surface area contributed by atoms with Crippen LogP contribution >= 0.6 is 11.6 Å². The third kappa shape index (κ3) is 5.02. The van der Waals surface area contributed by atoms with Gasteiger partial charge in [-0.25, -0.2) is 0 Å². The van der Waals surface area contributed by atoms with Gasteiger partial charge < -0.3 is 39.7 Å². The lowest BCUT2D eigenvalue weighted by Gasteiger charge is -2.47. The summed E-state index contributed by atoms with van der Waals surface area (Å²) in [6.07, 6.45) is -6.64. The molecule has 0 saturated carbocycles. The number of methoxy groups -OCH3 is 1. The van der Waals surface area contributed by atoms with Gasteiger partial charge in [-0.05, 0) is 49.2 Å². The molecule has 1 aliphatic heterocycles. The van der Waals surface area contributed by atoms with Gasteiger partial charge in [0.25, 0.3) is 0 Å². The summed E-state index contributed by atoms with van der Waals surface area (Å²) in [5, 5.41) is 51.4. The third-order valence-electron chi connectivity index (χ3n) is 5.68. The molecule has 1 aliphatic rings. The van der Waals surface area contributed by atoms with Crippen LogP contribution in [0.25, 0.3) is 0 Å². The van der Waals surface area contributed by atoms with Crippen LogP contribution in [-0.2, 0) is 17.8 Å². The van der Waals surface area contributed by atoms with Crippen molar-refractivity contribution < 1.29 is 39.7 Å². The van der Waals surface area contributed by atoms with Gasteiger partial charge in [-0.15, -0.1) is 0 Å². The summed E-state index contributed by atoms with van der Waals surface area (Å²) in [4.78, 5) is 0. The molecule has 0 spiro atoms. The highest BCUT2D eigenvalue weighted by atomic mass is 35.5. The van der Waals surface area contributed by atoms with Crippen LogP contribution < -0.4 is 9.47 Å². The lowest BCUT2D eigenvalue weighted by Crippen LogP contribution is -2.68. The van der Waals surface area contributed by atoms with Gasteiger partial charge in [-0.1, -0.05) is 23.7 Å². The van der Waals surface area contributed by atoms with Gasteiger partial charge in [0.1, 0.15) is 35.4 Å². The quantitative estimate of drug-likeness (QED) is 0.412. The predicted octanol–water partition coefficient (Wildman–Crippen LogP) is 1.39. The van der Waals surface area contributed by atoms with Gasteiger partial charge in [0, 0.05) is 17.0 Å². The van der Waals surface area contributed by atoms with Crippen molar-refractivity contribution in [3.63, 3.8) is 0 Å². The highest BCUT2D eigenvalue weighted by Gasteiger charge is 2.54. The van der Waals surface area contributed by atoms with E-state index in [9.17, 15) is 25.5 Å². The van der Waals surface area contributed by atoms with Gasteiger partial charge >= 0.3 is 0 Å². The number of aliphatic hydroxyl groups excluding tert-OH is 4. The third-order valence-corrected chi connectivity index (χ3v) is 6.01. The molecular weight excluding hydrogens is 440 g/mol. The Hall–Kier alpha value is -1.91. The molecule has 9 heteroatoms. The maximum atomic E-state index is 10.5. The summed E-state index contributed by atoms with van der Waals surface area (Å²) in [5.41, 5.74) is 0.0622. The number of ether oxygens (including phenoxy) is 3. The Bertz CT molecular complexity index is 915. The predicted molar refractivity (Wildman–Crippen MR) is 117 cm³/mol. The molecule has 2 aromatic carbocycles. The molecule has 3 rings (SSSR count). The van der Waals surface area contributed by atoms with Crippen molar-refractivity contribution in [2.45, 2.75) is 63.2 Å². The van der Waals surface area contributed by atoms with Crippen molar-refractivity contribution in [1.29, 1.82) is 0 Å². The molecular formula is C23H29ClO8. The number of hydrogen-bond acceptors (Lipinski definition) is 8. The average molecular weight is 469 g/mol.